The number of aromatic nitrogens is 1. The summed E-state index contributed by atoms with van der Waals surface area (Å²) in [6.07, 6.45) is 0.916. The average molecular weight is 483 g/mol. The zero-order chi connectivity index (χ0) is 25.2. The Morgan fingerprint density at radius 2 is 2.00 bits per heavy atom. The number of oxazole rings is 1. The molecule has 35 heavy (non-hydrogen) atoms. The Balaban J connectivity index is 1.50. The predicted octanol–water partition coefficient (Wildman–Crippen LogP) is 4.21. The molecule has 8 nitrogen and oxygen atoms in total. The molecule has 3 aromatic rings. The van der Waals surface area contributed by atoms with E-state index in [0.717, 1.165) is 11.3 Å². The van der Waals surface area contributed by atoms with Gasteiger partial charge in [0.25, 0.3) is 6.01 Å². The molecular weight excluding hydrogens is 451 g/mol. The van der Waals surface area contributed by atoms with Gasteiger partial charge in [-0.2, -0.15) is 4.98 Å². The van der Waals surface area contributed by atoms with Crippen LogP contribution in [0.4, 0.5) is 16.1 Å². The topological polar surface area (TPSA) is 108 Å². The summed E-state index contributed by atoms with van der Waals surface area (Å²) in [6.45, 7) is 7.02. The number of amides is 1. The number of halogens is 1. The molecule has 0 saturated carbocycles. The second-order valence-electron chi connectivity index (χ2n) is 10.2. The van der Waals surface area contributed by atoms with E-state index >= 15 is 0 Å². The number of nitrogens with one attached hydrogen (secondary N) is 2. The van der Waals surface area contributed by atoms with E-state index in [4.69, 9.17) is 4.42 Å². The number of carbonyl (C=O) groups excluding carboxylic acids is 1. The van der Waals surface area contributed by atoms with Crippen molar-refractivity contribution in [3.8, 4) is 0 Å². The highest BCUT2D eigenvalue weighted by Crippen LogP contribution is 2.29. The number of aliphatic carboxylic acids is 1. The quantitative estimate of drug-likeness (QED) is 0.419. The van der Waals surface area contributed by atoms with Gasteiger partial charge in [-0.05, 0) is 54.2 Å². The van der Waals surface area contributed by atoms with Gasteiger partial charge in [-0.15, -0.1) is 0 Å². The molecule has 1 aliphatic rings. The molecule has 0 saturated heterocycles. The van der Waals surface area contributed by atoms with Gasteiger partial charge in [0.15, 0.2) is 5.58 Å². The summed E-state index contributed by atoms with van der Waals surface area (Å²) in [4.78, 5) is 31.4. The molecule has 9 heteroatoms. The molecule has 0 bridgehead atoms. The number of carbonyl (C=O) groups is 2. The maximum atomic E-state index is 13.6. The fourth-order valence-corrected chi connectivity index (χ4v) is 4.47. The largest absolute Gasteiger partial charge is 0.481 e. The van der Waals surface area contributed by atoms with Gasteiger partial charge in [0.05, 0.1) is 12.5 Å². The van der Waals surface area contributed by atoms with E-state index in [0.29, 0.717) is 37.0 Å². The molecule has 3 N–H and O–H groups in total. The van der Waals surface area contributed by atoms with E-state index in [1.165, 1.54) is 12.1 Å². The summed E-state index contributed by atoms with van der Waals surface area (Å²) >= 11 is 0. The van der Waals surface area contributed by atoms with E-state index < -0.39 is 18.1 Å². The van der Waals surface area contributed by atoms with Gasteiger partial charge in [0.2, 0.25) is 5.91 Å². The molecule has 0 fully saturated rings. The van der Waals surface area contributed by atoms with E-state index in [2.05, 4.69) is 15.6 Å². The number of hydrogen-bond acceptors (Lipinski definition) is 6. The lowest BCUT2D eigenvalue weighted by Crippen LogP contribution is -2.50. The molecule has 1 unspecified atom stereocenters. The zero-order valence-corrected chi connectivity index (χ0v) is 20.2. The van der Waals surface area contributed by atoms with Crippen LogP contribution in [0.5, 0.6) is 0 Å². The fourth-order valence-electron chi connectivity index (χ4n) is 4.47. The van der Waals surface area contributed by atoms with Crippen LogP contribution in [0, 0.1) is 11.2 Å². The Labute approximate surface area is 203 Å². The van der Waals surface area contributed by atoms with Crippen molar-refractivity contribution in [3.63, 3.8) is 0 Å². The minimum atomic E-state index is -1.01. The highest BCUT2D eigenvalue weighted by molar-refractivity contribution is 5.85. The first-order valence-corrected chi connectivity index (χ1v) is 11.7. The molecule has 4 rings (SSSR count). The lowest BCUT2D eigenvalue weighted by atomic mass is 9.87. The second kappa shape index (κ2) is 9.93. The minimum absolute atomic E-state index is 0.193. The fraction of sp³-hybridized carbons (Fsp3) is 0.423. The van der Waals surface area contributed by atoms with E-state index in [1.54, 1.807) is 12.1 Å². The highest BCUT2D eigenvalue weighted by Gasteiger charge is 2.30. The zero-order valence-electron chi connectivity index (χ0n) is 20.2. The Kier molecular flexibility index (Phi) is 6.95. The molecule has 1 amide bonds. The van der Waals surface area contributed by atoms with Crippen molar-refractivity contribution in [2.45, 2.75) is 52.1 Å². The predicted molar refractivity (Wildman–Crippen MR) is 132 cm³/mol. The standard InChI is InChI=1S/C26H31FN4O4/c1-26(2,3)14-20(30-25-29-19-6-4-5-7-22(19)35-25)24(34)28-18(13-23(32)33)15-31-11-10-16-12-17(27)8-9-21(16)31/h4-9,12,18,20H,10-11,13-15H2,1-3H3,(H,28,34)(H,29,30)(H,32,33)/t18?,20-/m0/s1. The molecule has 2 atom stereocenters. The van der Waals surface area contributed by atoms with Crippen LogP contribution < -0.4 is 15.5 Å². The summed E-state index contributed by atoms with van der Waals surface area (Å²) in [5, 5.41) is 15.5. The number of nitrogens with zero attached hydrogens (tertiary/aromatic N) is 2. The Hall–Kier alpha value is -3.62. The first-order valence-electron chi connectivity index (χ1n) is 11.7. The molecule has 1 aromatic heterocycles. The number of fused-ring (bicyclic) bond motifs is 2. The maximum Gasteiger partial charge on any atom is 0.305 e. The third-order valence-electron chi connectivity index (χ3n) is 5.97. The van der Waals surface area contributed by atoms with Crippen molar-refractivity contribution in [1.29, 1.82) is 0 Å². The Morgan fingerprint density at radius 1 is 1.23 bits per heavy atom. The number of carboxylic acid groups (broad SMARTS) is 1. The first kappa shape index (κ1) is 24.5. The monoisotopic (exact) mass is 482 g/mol. The number of benzene rings is 2. The van der Waals surface area contributed by atoms with Gasteiger partial charge >= 0.3 is 5.97 Å². The molecule has 2 heterocycles. The number of anilines is 2. The van der Waals surface area contributed by atoms with Gasteiger partial charge in [-0.1, -0.05) is 32.9 Å². The molecule has 2 aromatic carbocycles. The van der Waals surface area contributed by atoms with Crippen LogP contribution >= 0.6 is 0 Å². The van der Waals surface area contributed by atoms with Crippen molar-refractivity contribution in [2.75, 3.05) is 23.3 Å². The van der Waals surface area contributed by atoms with E-state index in [1.807, 2.05) is 43.9 Å². The van der Waals surface area contributed by atoms with Crippen LogP contribution in [-0.2, 0) is 16.0 Å². The lowest BCUT2D eigenvalue weighted by Gasteiger charge is -2.29. The smallest absolute Gasteiger partial charge is 0.305 e. The molecule has 186 valence electrons. The molecular formula is C26H31FN4O4. The number of carboxylic acids is 1. The minimum Gasteiger partial charge on any atom is -0.481 e. The van der Waals surface area contributed by atoms with Gasteiger partial charge < -0.3 is 25.1 Å². The third-order valence-corrected chi connectivity index (χ3v) is 5.97. The van der Waals surface area contributed by atoms with Crippen molar-refractivity contribution in [2.24, 2.45) is 5.41 Å². The number of hydrogen-bond donors (Lipinski definition) is 3. The van der Waals surface area contributed by atoms with Crippen LogP contribution in [-0.4, -0.2) is 47.1 Å². The maximum absolute atomic E-state index is 13.6. The van der Waals surface area contributed by atoms with E-state index in [-0.39, 0.29) is 29.6 Å². The molecule has 1 aliphatic heterocycles. The van der Waals surface area contributed by atoms with Crippen LogP contribution in [0.2, 0.25) is 0 Å². The summed E-state index contributed by atoms with van der Waals surface area (Å²) in [6, 6.07) is 10.8. The molecule has 0 aliphatic carbocycles. The lowest BCUT2D eigenvalue weighted by molar-refractivity contribution is -0.137. The summed E-state index contributed by atoms with van der Waals surface area (Å²) in [5.41, 5.74) is 2.84. The Morgan fingerprint density at radius 3 is 2.71 bits per heavy atom. The van der Waals surface area contributed by atoms with Crippen LogP contribution in [0.15, 0.2) is 46.9 Å². The summed E-state index contributed by atoms with van der Waals surface area (Å²) in [7, 11) is 0. The van der Waals surface area contributed by atoms with Crippen LogP contribution in [0.3, 0.4) is 0 Å². The normalized spacial score (nSPS) is 15.0. The number of para-hydroxylation sites is 2. The Bertz CT molecular complexity index is 1190. The third kappa shape index (κ3) is 6.29. The van der Waals surface area contributed by atoms with Gasteiger partial charge in [-0.25, -0.2) is 4.39 Å². The summed E-state index contributed by atoms with van der Waals surface area (Å²) < 4.78 is 19.3. The highest BCUT2D eigenvalue weighted by atomic mass is 19.1. The second-order valence-corrected chi connectivity index (χ2v) is 10.2. The SMILES string of the molecule is CC(C)(C)C[C@H](Nc1nc2ccccc2o1)C(=O)NC(CC(=O)O)CN1CCc2cc(F)ccc21. The molecule has 0 spiro atoms. The molecule has 0 radical (unpaired) electrons. The average Bonchev–Trinajstić information content (AvgIpc) is 3.34. The van der Waals surface area contributed by atoms with Crippen molar-refractivity contribution in [3.05, 3.63) is 53.8 Å². The van der Waals surface area contributed by atoms with Crippen LogP contribution in [0.1, 0.15) is 39.2 Å². The van der Waals surface area contributed by atoms with Crippen molar-refractivity contribution < 1.29 is 23.5 Å². The van der Waals surface area contributed by atoms with Crippen molar-refractivity contribution >= 4 is 34.7 Å². The first-order chi connectivity index (χ1) is 16.6. The summed E-state index contributed by atoms with van der Waals surface area (Å²) in [5.74, 6) is -1.63. The van der Waals surface area contributed by atoms with Gasteiger partial charge in [-0.3, -0.25) is 9.59 Å². The van der Waals surface area contributed by atoms with Gasteiger partial charge in [0, 0.05) is 18.8 Å². The number of rotatable bonds is 9. The van der Waals surface area contributed by atoms with Gasteiger partial charge in [0.1, 0.15) is 17.4 Å². The van der Waals surface area contributed by atoms with Crippen molar-refractivity contribution in [1.82, 2.24) is 10.3 Å². The van der Waals surface area contributed by atoms with Crippen LogP contribution in [0.25, 0.3) is 11.1 Å². The van der Waals surface area contributed by atoms with E-state index in [9.17, 15) is 19.1 Å².